The second-order valence-electron chi connectivity index (χ2n) is 8.15. The minimum absolute atomic E-state index is 0.0286. The molecule has 4 heterocycles. The Labute approximate surface area is 222 Å². The van der Waals surface area contributed by atoms with Crippen molar-refractivity contribution >= 4 is 75.2 Å². The average molecular weight is 570 g/mol. The Balaban J connectivity index is 1.46. The van der Waals surface area contributed by atoms with Crippen molar-refractivity contribution in [3.05, 3.63) is 29.5 Å². The van der Waals surface area contributed by atoms with Crippen LogP contribution < -0.4 is 16.8 Å². The predicted octanol–water partition coefficient (Wildman–Crippen LogP) is 0.754. The molecular formula is C20H23N7O5S4. The van der Waals surface area contributed by atoms with E-state index in [2.05, 4.69) is 20.4 Å². The molecule has 2 amide bonds. The number of oxime groups is 1. The fourth-order valence-corrected chi connectivity index (χ4v) is 8.06. The molecule has 36 heavy (non-hydrogen) atoms. The van der Waals surface area contributed by atoms with Crippen LogP contribution in [-0.2, 0) is 14.4 Å². The van der Waals surface area contributed by atoms with E-state index in [1.54, 1.807) is 18.5 Å². The molecule has 2 aromatic heterocycles. The summed E-state index contributed by atoms with van der Waals surface area (Å²) in [4.78, 5) is 49.1. The summed E-state index contributed by atoms with van der Waals surface area (Å²) in [7, 11) is 0. The van der Waals surface area contributed by atoms with Crippen LogP contribution in [0.4, 0.5) is 5.13 Å². The molecule has 192 valence electrons. The molecule has 12 nitrogen and oxygen atoms in total. The van der Waals surface area contributed by atoms with Gasteiger partial charge >= 0.3 is 5.97 Å². The van der Waals surface area contributed by atoms with Gasteiger partial charge in [-0.3, -0.25) is 19.4 Å². The third-order valence-electron chi connectivity index (χ3n) is 5.36. The third kappa shape index (κ3) is 5.27. The number of amides is 2. The molecule has 0 saturated carbocycles. The number of thioether (sulfide) groups is 3. The first kappa shape index (κ1) is 26.5. The maximum atomic E-state index is 12.9. The van der Waals surface area contributed by atoms with E-state index < -0.39 is 33.9 Å². The summed E-state index contributed by atoms with van der Waals surface area (Å²) in [6, 6.07) is 0.838. The molecular weight excluding hydrogens is 547 g/mol. The molecule has 0 aromatic carbocycles. The van der Waals surface area contributed by atoms with Crippen LogP contribution in [0.2, 0.25) is 0 Å². The van der Waals surface area contributed by atoms with Gasteiger partial charge in [-0.05, 0) is 13.0 Å². The van der Waals surface area contributed by atoms with Crippen molar-refractivity contribution in [2.45, 2.75) is 38.9 Å². The highest BCUT2D eigenvalue weighted by Crippen LogP contribution is 2.48. The summed E-state index contributed by atoms with van der Waals surface area (Å²) in [5.41, 5.74) is 11.2. The lowest BCUT2D eigenvalue weighted by Gasteiger charge is -2.53. The fourth-order valence-electron chi connectivity index (χ4n) is 3.60. The minimum Gasteiger partial charge on any atom is -0.480 e. The highest BCUT2D eigenvalue weighted by molar-refractivity contribution is 8.05. The molecule has 0 aliphatic carbocycles. The normalized spacial score (nSPS) is 24.6. The van der Waals surface area contributed by atoms with Gasteiger partial charge in [0.15, 0.2) is 10.8 Å². The number of thiazole rings is 1. The Morgan fingerprint density at radius 2 is 2.22 bits per heavy atom. The highest BCUT2D eigenvalue weighted by atomic mass is 32.2. The summed E-state index contributed by atoms with van der Waals surface area (Å²) in [6.45, 7) is 1.86. The van der Waals surface area contributed by atoms with Crippen LogP contribution >= 0.6 is 46.6 Å². The molecule has 2 saturated heterocycles. The number of hydrogen-bond acceptors (Lipinski definition) is 13. The lowest BCUT2D eigenvalue weighted by atomic mass is 10.0. The summed E-state index contributed by atoms with van der Waals surface area (Å²) in [6.07, 6.45) is 3.28. The maximum absolute atomic E-state index is 12.9. The number of hydrogen-bond donors (Lipinski definition) is 5. The third-order valence-corrected chi connectivity index (χ3v) is 10.6. The number of aromatic nitrogens is 2. The molecule has 0 spiro atoms. The van der Waals surface area contributed by atoms with Gasteiger partial charge in [0.05, 0.1) is 0 Å². The van der Waals surface area contributed by atoms with Crippen LogP contribution in [0.15, 0.2) is 38.8 Å². The molecule has 2 unspecified atom stereocenters. The van der Waals surface area contributed by atoms with E-state index in [9.17, 15) is 24.7 Å². The van der Waals surface area contributed by atoms with Gasteiger partial charge in [-0.15, -0.1) is 46.6 Å². The lowest BCUT2D eigenvalue weighted by molar-refractivity contribution is -0.151. The second kappa shape index (κ2) is 10.8. The minimum atomic E-state index is -1.29. The SMILES string of the molecule is CC(N)CSc1cnccc1SC1(C(=O)O)CS[C@@H]2[C@H](NC(=O)C(=NO)c3csc(N)n3)C(=O)N2C1. The number of carboxylic acids is 1. The number of nitrogen functional groups attached to an aromatic ring is 1. The van der Waals surface area contributed by atoms with Gasteiger partial charge in [-0.25, -0.2) is 4.98 Å². The molecule has 2 aromatic rings. The molecule has 2 aliphatic heterocycles. The van der Waals surface area contributed by atoms with Gasteiger partial charge in [0, 0.05) is 51.7 Å². The number of nitrogens with zero attached hydrogens (tertiary/aromatic N) is 4. The van der Waals surface area contributed by atoms with Crippen LogP contribution in [0.1, 0.15) is 12.6 Å². The van der Waals surface area contributed by atoms with Crippen molar-refractivity contribution in [3.63, 3.8) is 0 Å². The number of anilines is 1. The van der Waals surface area contributed by atoms with Gasteiger partial charge in [-0.1, -0.05) is 5.16 Å². The van der Waals surface area contributed by atoms with Crippen LogP contribution in [0.5, 0.6) is 0 Å². The van der Waals surface area contributed by atoms with Crippen molar-refractivity contribution in [1.29, 1.82) is 0 Å². The van der Waals surface area contributed by atoms with Gasteiger partial charge < -0.3 is 32.0 Å². The van der Waals surface area contributed by atoms with E-state index in [-0.39, 0.29) is 34.9 Å². The van der Waals surface area contributed by atoms with E-state index in [1.165, 1.54) is 45.6 Å². The molecule has 0 bridgehead atoms. The standard InChI is InChI=1S/C20H23N7O5S4/c1-9(21)5-33-12-4-23-3-2-11(12)36-20(18(30)31)7-27-16(29)14(17(27)35-8-20)25-15(28)13(26-32)10-6-34-19(22)24-10/h2-4,6,9,14,17,32H,5,7-8,21H2,1H3,(H2,22,24)(H,25,28)(H,30,31)/t9?,14-,17-,20?/m1/s1. The quantitative estimate of drug-likeness (QED) is 0.0935. The van der Waals surface area contributed by atoms with Crippen LogP contribution in [-0.4, -0.2) is 88.9 Å². The first-order valence-electron chi connectivity index (χ1n) is 10.6. The monoisotopic (exact) mass is 569 g/mol. The van der Waals surface area contributed by atoms with Crippen molar-refractivity contribution in [1.82, 2.24) is 20.2 Å². The van der Waals surface area contributed by atoms with Crippen molar-refractivity contribution in [3.8, 4) is 0 Å². The number of β-lactam (4-membered cyclic amide) rings is 1. The fraction of sp³-hybridized carbons (Fsp3) is 0.400. The number of carbonyl (C=O) groups excluding carboxylic acids is 2. The van der Waals surface area contributed by atoms with E-state index in [0.29, 0.717) is 5.75 Å². The van der Waals surface area contributed by atoms with E-state index in [0.717, 1.165) is 21.1 Å². The highest BCUT2D eigenvalue weighted by Gasteiger charge is 2.58. The molecule has 2 fully saturated rings. The molecule has 2 aliphatic rings. The smallest absolute Gasteiger partial charge is 0.322 e. The Morgan fingerprint density at radius 1 is 1.44 bits per heavy atom. The second-order valence-corrected chi connectivity index (χ2v) is 12.6. The van der Waals surface area contributed by atoms with Crippen molar-refractivity contribution < 1.29 is 24.7 Å². The topological polar surface area (TPSA) is 197 Å². The first-order valence-corrected chi connectivity index (χ1v) is 14.3. The van der Waals surface area contributed by atoms with E-state index in [1.807, 2.05) is 6.92 Å². The number of carboxylic acid groups (broad SMARTS) is 1. The maximum Gasteiger partial charge on any atom is 0.322 e. The van der Waals surface area contributed by atoms with Crippen molar-refractivity contribution in [2.75, 3.05) is 23.8 Å². The predicted molar refractivity (Wildman–Crippen MR) is 140 cm³/mol. The van der Waals surface area contributed by atoms with Gasteiger partial charge in [0.1, 0.15) is 21.9 Å². The van der Waals surface area contributed by atoms with Gasteiger partial charge in [0.25, 0.3) is 5.91 Å². The Morgan fingerprint density at radius 3 is 2.86 bits per heavy atom. The van der Waals surface area contributed by atoms with Gasteiger partial charge in [0.2, 0.25) is 5.91 Å². The summed E-state index contributed by atoms with van der Waals surface area (Å²) in [5, 5.41) is 26.3. The number of pyridine rings is 1. The Hall–Kier alpha value is -2.53. The zero-order valence-electron chi connectivity index (χ0n) is 18.9. The molecule has 16 heteroatoms. The number of nitrogens with one attached hydrogen (secondary N) is 1. The number of fused-ring (bicyclic) bond motifs is 1. The van der Waals surface area contributed by atoms with E-state index in [4.69, 9.17) is 11.5 Å². The molecule has 4 rings (SSSR count). The first-order chi connectivity index (χ1) is 17.1. The largest absolute Gasteiger partial charge is 0.480 e. The number of carbonyl (C=O) groups is 3. The van der Waals surface area contributed by atoms with Gasteiger partial charge in [-0.2, -0.15) is 0 Å². The molecule has 4 atom stereocenters. The lowest BCUT2D eigenvalue weighted by Crippen LogP contribution is -2.74. The zero-order chi connectivity index (χ0) is 26.0. The van der Waals surface area contributed by atoms with Crippen LogP contribution in [0, 0.1) is 0 Å². The van der Waals surface area contributed by atoms with Crippen LogP contribution in [0.25, 0.3) is 0 Å². The summed E-state index contributed by atoms with van der Waals surface area (Å²) >= 11 is 5.04. The average Bonchev–Trinajstić information content (AvgIpc) is 3.27. The molecule has 0 radical (unpaired) electrons. The van der Waals surface area contributed by atoms with Crippen molar-refractivity contribution in [2.24, 2.45) is 10.9 Å². The number of nitrogens with two attached hydrogens (primary N) is 2. The summed E-state index contributed by atoms with van der Waals surface area (Å²) in [5.74, 6) is -1.37. The molecule has 7 N–H and O–H groups in total. The number of rotatable bonds is 9. The Kier molecular flexibility index (Phi) is 7.99. The van der Waals surface area contributed by atoms with E-state index >= 15 is 0 Å². The number of aliphatic carboxylic acids is 1. The Bertz CT molecular complexity index is 1210. The zero-order valence-corrected chi connectivity index (χ0v) is 22.1. The summed E-state index contributed by atoms with van der Waals surface area (Å²) < 4.78 is -1.29. The van der Waals surface area contributed by atoms with Crippen LogP contribution in [0.3, 0.4) is 0 Å².